The molecular weight excluding hydrogens is 216 g/mol. The van der Waals surface area contributed by atoms with Crippen molar-refractivity contribution in [3.8, 4) is 0 Å². The Hall–Kier alpha value is 0.440. The van der Waals surface area contributed by atoms with Gasteiger partial charge in [-0.25, -0.2) is 0 Å². The van der Waals surface area contributed by atoms with Crippen LogP contribution in [0.1, 0.15) is 33.1 Å². The summed E-state index contributed by atoms with van der Waals surface area (Å²) in [5, 5.41) is 0. The molecule has 12 heavy (non-hydrogen) atoms. The molecule has 2 atom stereocenters. The van der Waals surface area contributed by atoms with Crippen LogP contribution in [0.4, 0.5) is 0 Å². The van der Waals surface area contributed by atoms with Crippen molar-refractivity contribution in [2.75, 3.05) is 13.2 Å². The first kappa shape index (κ1) is 10.5. The van der Waals surface area contributed by atoms with Gasteiger partial charge in [-0.2, -0.15) is 0 Å². The number of rotatable bonds is 3. The SMILES string of the molecule is CC(Br)CC(C)C1CCOCC1. The second kappa shape index (κ2) is 5.23. The Morgan fingerprint density at radius 2 is 1.92 bits per heavy atom. The van der Waals surface area contributed by atoms with Crippen LogP contribution in [0.3, 0.4) is 0 Å². The van der Waals surface area contributed by atoms with Crippen LogP contribution in [0, 0.1) is 11.8 Å². The standard InChI is InChI=1S/C10H19BrO/c1-8(7-9(2)11)10-3-5-12-6-4-10/h8-10H,3-7H2,1-2H3. The van der Waals surface area contributed by atoms with Crippen LogP contribution >= 0.6 is 15.9 Å². The summed E-state index contributed by atoms with van der Waals surface area (Å²) in [5.74, 6) is 1.75. The topological polar surface area (TPSA) is 9.23 Å². The zero-order valence-corrected chi connectivity index (χ0v) is 9.64. The van der Waals surface area contributed by atoms with Gasteiger partial charge in [0.1, 0.15) is 0 Å². The van der Waals surface area contributed by atoms with Gasteiger partial charge >= 0.3 is 0 Å². The highest BCUT2D eigenvalue weighted by atomic mass is 79.9. The van der Waals surface area contributed by atoms with Gasteiger partial charge in [-0.15, -0.1) is 0 Å². The lowest BCUT2D eigenvalue weighted by molar-refractivity contribution is 0.0483. The van der Waals surface area contributed by atoms with Crippen LogP contribution in [-0.4, -0.2) is 18.0 Å². The minimum absolute atomic E-state index is 0.662. The second-order valence-corrected chi connectivity index (χ2v) is 5.51. The lowest BCUT2D eigenvalue weighted by Gasteiger charge is -2.28. The van der Waals surface area contributed by atoms with Crippen LogP contribution in [0.25, 0.3) is 0 Å². The average Bonchev–Trinajstić information content (AvgIpc) is 2.05. The minimum atomic E-state index is 0.662. The first-order valence-electron chi connectivity index (χ1n) is 4.92. The molecule has 0 aromatic rings. The van der Waals surface area contributed by atoms with Crippen molar-refractivity contribution >= 4 is 15.9 Å². The second-order valence-electron chi connectivity index (χ2n) is 3.94. The van der Waals surface area contributed by atoms with E-state index in [2.05, 4.69) is 29.8 Å². The largest absolute Gasteiger partial charge is 0.381 e. The summed E-state index contributed by atoms with van der Waals surface area (Å²) in [6.45, 7) is 6.56. The van der Waals surface area contributed by atoms with Crippen LogP contribution in [0.15, 0.2) is 0 Å². The predicted molar refractivity (Wildman–Crippen MR) is 55.7 cm³/mol. The predicted octanol–water partition coefficient (Wildman–Crippen LogP) is 3.22. The number of alkyl halides is 1. The van der Waals surface area contributed by atoms with Crippen molar-refractivity contribution in [1.29, 1.82) is 0 Å². The zero-order valence-electron chi connectivity index (χ0n) is 8.05. The first-order chi connectivity index (χ1) is 5.70. The normalized spacial score (nSPS) is 25.2. The molecule has 0 amide bonds. The highest BCUT2D eigenvalue weighted by Gasteiger charge is 2.20. The lowest BCUT2D eigenvalue weighted by atomic mass is 9.85. The Morgan fingerprint density at radius 3 is 2.42 bits per heavy atom. The molecule has 0 spiro atoms. The molecule has 1 rings (SSSR count). The van der Waals surface area contributed by atoms with Gasteiger partial charge in [-0.05, 0) is 31.1 Å². The first-order valence-corrected chi connectivity index (χ1v) is 5.83. The highest BCUT2D eigenvalue weighted by molar-refractivity contribution is 9.09. The molecule has 0 aromatic carbocycles. The fourth-order valence-corrected chi connectivity index (χ4v) is 2.58. The van der Waals surface area contributed by atoms with Crippen molar-refractivity contribution in [1.82, 2.24) is 0 Å². The van der Waals surface area contributed by atoms with Crippen LogP contribution in [-0.2, 0) is 4.74 Å². The van der Waals surface area contributed by atoms with Crippen molar-refractivity contribution < 1.29 is 4.74 Å². The van der Waals surface area contributed by atoms with Gasteiger partial charge < -0.3 is 4.74 Å². The quantitative estimate of drug-likeness (QED) is 0.682. The summed E-state index contributed by atoms with van der Waals surface area (Å²) < 4.78 is 5.34. The molecule has 0 aliphatic carbocycles. The zero-order chi connectivity index (χ0) is 8.97. The van der Waals surface area contributed by atoms with E-state index in [9.17, 15) is 0 Å². The summed E-state index contributed by atoms with van der Waals surface area (Å²) in [5.41, 5.74) is 0. The Morgan fingerprint density at radius 1 is 1.33 bits per heavy atom. The number of ether oxygens (including phenoxy) is 1. The third-order valence-electron chi connectivity index (χ3n) is 2.77. The Labute approximate surface area is 84.0 Å². The Kier molecular flexibility index (Phi) is 4.59. The third-order valence-corrected chi connectivity index (χ3v) is 3.14. The summed E-state index contributed by atoms with van der Waals surface area (Å²) in [6, 6.07) is 0. The smallest absolute Gasteiger partial charge is 0.0468 e. The van der Waals surface area contributed by atoms with Gasteiger partial charge in [-0.3, -0.25) is 0 Å². The van der Waals surface area contributed by atoms with Crippen LogP contribution in [0.2, 0.25) is 0 Å². The molecule has 1 nitrogen and oxygen atoms in total. The summed E-state index contributed by atoms with van der Waals surface area (Å²) >= 11 is 3.61. The Bertz CT molecular complexity index is 119. The van der Waals surface area contributed by atoms with E-state index in [0.717, 1.165) is 25.0 Å². The highest BCUT2D eigenvalue weighted by Crippen LogP contribution is 2.28. The third kappa shape index (κ3) is 3.44. The van der Waals surface area contributed by atoms with E-state index in [1.54, 1.807) is 0 Å². The molecule has 1 aliphatic rings. The molecule has 0 aromatic heterocycles. The van der Waals surface area contributed by atoms with Gasteiger partial charge in [0.25, 0.3) is 0 Å². The molecule has 1 saturated heterocycles. The Balaban J connectivity index is 2.24. The van der Waals surface area contributed by atoms with Crippen LogP contribution in [0.5, 0.6) is 0 Å². The molecule has 2 unspecified atom stereocenters. The number of halogens is 1. The van der Waals surface area contributed by atoms with Gasteiger partial charge in [0.2, 0.25) is 0 Å². The van der Waals surface area contributed by atoms with Crippen LogP contribution < -0.4 is 0 Å². The van der Waals surface area contributed by atoms with E-state index in [1.165, 1.54) is 19.3 Å². The van der Waals surface area contributed by atoms with Crippen molar-refractivity contribution in [2.24, 2.45) is 11.8 Å². The maximum atomic E-state index is 5.34. The molecule has 1 fully saturated rings. The molecule has 0 N–H and O–H groups in total. The summed E-state index contributed by atoms with van der Waals surface area (Å²) in [7, 11) is 0. The molecular formula is C10H19BrO. The van der Waals surface area contributed by atoms with E-state index in [-0.39, 0.29) is 0 Å². The summed E-state index contributed by atoms with van der Waals surface area (Å²) in [6.07, 6.45) is 3.83. The van der Waals surface area contributed by atoms with E-state index in [0.29, 0.717) is 4.83 Å². The maximum Gasteiger partial charge on any atom is 0.0468 e. The lowest BCUT2D eigenvalue weighted by Crippen LogP contribution is -2.22. The average molecular weight is 235 g/mol. The van der Waals surface area contributed by atoms with Gasteiger partial charge in [-0.1, -0.05) is 29.8 Å². The minimum Gasteiger partial charge on any atom is -0.381 e. The summed E-state index contributed by atoms with van der Waals surface area (Å²) in [4.78, 5) is 0.662. The fraction of sp³-hybridized carbons (Fsp3) is 1.00. The molecule has 1 heterocycles. The van der Waals surface area contributed by atoms with Crippen molar-refractivity contribution in [3.63, 3.8) is 0 Å². The maximum absolute atomic E-state index is 5.34. The molecule has 0 saturated carbocycles. The number of hydrogen-bond donors (Lipinski definition) is 0. The fourth-order valence-electron chi connectivity index (χ4n) is 1.99. The molecule has 1 aliphatic heterocycles. The van der Waals surface area contributed by atoms with Gasteiger partial charge in [0.05, 0.1) is 0 Å². The van der Waals surface area contributed by atoms with E-state index < -0.39 is 0 Å². The monoisotopic (exact) mass is 234 g/mol. The van der Waals surface area contributed by atoms with Crippen molar-refractivity contribution in [3.05, 3.63) is 0 Å². The molecule has 0 radical (unpaired) electrons. The van der Waals surface area contributed by atoms with Gasteiger partial charge in [0.15, 0.2) is 0 Å². The number of hydrogen-bond acceptors (Lipinski definition) is 1. The van der Waals surface area contributed by atoms with Gasteiger partial charge in [0, 0.05) is 18.0 Å². The molecule has 2 heteroatoms. The molecule has 72 valence electrons. The van der Waals surface area contributed by atoms with Crippen molar-refractivity contribution in [2.45, 2.75) is 37.9 Å². The van der Waals surface area contributed by atoms with E-state index in [1.807, 2.05) is 0 Å². The van der Waals surface area contributed by atoms with E-state index >= 15 is 0 Å². The van der Waals surface area contributed by atoms with E-state index in [4.69, 9.17) is 4.74 Å². The molecule has 0 bridgehead atoms.